The van der Waals surface area contributed by atoms with Crippen molar-refractivity contribution < 1.29 is 14.3 Å². The van der Waals surface area contributed by atoms with Gasteiger partial charge in [0.05, 0.1) is 16.8 Å². The van der Waals surface area contributed by atoms with E-state index in [0.29, 0.717) is 22.6 Å². The van der Waals surface area contributed by atoms with Gasteiger partial charge >= 0.3 is 0 Å². The number of nitrogens with one attached hydrogen (secondary N) is 1. The summed E-state index contributed by atoms with van der Waals surface area (Å²) in [5.41, 5.74) is 3.84. The van der Waals surface area contributed by atoms with Crippen molar-refractivity contribution >= 4 is 28.4 Å². The minimum atomic E-state index is -0.698. The first-order chi connectivity index (χ1) is 16.3. The second kappa shape index (κ2) is 9.94. The van der Waals surface area contributed by atoms with Gasteiger partial charge in [0.1, 0.15) is 0 Å². The molecule has 1 saturated carbocycles. The molecular weight excluding hydrogens is 429 g/mol. The summed E-state index contributed by atoms with van der Waals surface area (Å²) in [6, 6.07) is 8.99. The van der Waals surface area contributed by atoms with Crippen molar-refractivity contribution in [2.45, 2.75) is 38.6 Å². The minimum Gasteiger partial charge on any atom is -0.504 e. The van der Waals surface area contributed by atoms with E-state index < -0.39 is 11.6 Å². The number of pyridine rings is 1. The number of benzene rings is 2. The number of halogens is 1. The van der Waals surface area contributed by atoms with Crippen LogP contribution in [-0.2, 0) is 0 Å². The average Bonchev–Trinajstić information content (AvgIpc) is 2.81. The molecule has 178 valence electrons. The Morgan fingerprint density at radius 2 is 1.94 bits per heavy atom. The first kappa shape index (κ1) is 23.9. The fourth-order valence-corrected chi connectivity index (χ4v) is 4.95. The van der Waals surface area contributed by atoms with Gasteiger partial charge in [-0.1, -0.05) is 18.7 Å². The van der Waals surface area contributed by atoms with E-state index in [1.165, 1.54) is 12.1 Å². The fourth-order valence-electron chi connectivity index (χ4n) is 4.95. The number of carbonyl (C=O) groups excluding carboxylic acids is 1. The molecule has 2 aromatic carbocycles. The molecule has 3 aromatic rings. The van der Waals surface area contributed by atoms with Crippen LogP contribution in [0.4, 0.5) is 10.1 Å². The van der Waals surface area contributed by atoms with Crippen LogP contribution in [0, 0.1) is 11.7 Å². The zero-order valence-corrected chi connectivity index (χ0v) is 20.1. The number of aromatic hydroxyl groups is 1. The number of hydrogen-bond donors (Lipinski definition) is 2. The summed E-state index contributed by atoms with van der Waals surface area (Å²) < 4.78 is 14.3. The summed E-state index contributed by atoms with van der Waals surface area (Å²) in [6.07, 6.45) is 7.46. The van der Waals surface area contributed by atoms with Crippen LogP contribution in [0.3, 0.4) is 0 Å². The maximum Gasteiger partial charge on any atom is 0.166 e. The molecule has 1 aromatic heterocycles. The maximum absolute atomic E-state index is 14.3. The van der Waals surface area contributed by atoms with E-state index in [1.807, 2.05) is 18.2 Å². The second-order valence-corrected chi connectivity index (χ2v) is 9.56. The Morgan fingerprint density at radius 1 is 1.21 bits per heavy atom. The van der Waals surface area contributed by atoms with Gasteiger partial charge in [-0.2, -0.15) is 0 Å². The van der Waals surface area contributed by atoms with Crippen LogP contribution in [-0.4, -0.2) is 47.5 Å². The van der Waals surface area contributed by atoms with Crippen LogP contribution in [0.1, 0.15) is 48.5 Å². The molecule has 1 aliphatic carbocycles. The van der Waals surface area contributed by atoms with Crippen molar-refractivity contribution in [1.29, 1.82) is 0 Å². The van der Waals surface area contributed by atoms with Crippen LogP contribution in [0.5, 0.6) is 5.75 Å². The van der Waals surface area contributed by atoms with Gasteiger partial charge in [-0.3, -0.25) is 9.78 Å². The number of hydrogen-bond acceptors (Lipinski definition) is 5. The fraction of sp³-hybridized carbons (Fsp3) is 0.357. The van der Waals surface area contributed by atoms with Crippen LogP contribution in [0.2, 0.25) is 0 Å². The highest BCUT2D eigenvalue weighted by molar-refractivity contribution is 6.07. The highest BCUT2D eigenvalue weighted by Gasteiger charge is 2.24. The molecule has 0 aliphatic heterocycles. The lowest BCUT2D eigenvalue weighted by atomic mass is 9.85. The van der Waals surface area contributed by atoms with E-state index in [-0.39, 0.29) is 11.8 Å². The highest BCUT2D eigenvalue weighted by Crippen LogP contribution is 2.36. The van der Waals surface area contributed by atoms with Crippen LogP contribution >= 0.6 is 0 Å². The van der Waals surface area contributed by atoms with Crippen LogP contribution in [0.15, 0.2) is 43.1 Å². The van der Waals surface area contributed by atoms with Gasteiger partial charge in [-0.05, 0) is 88.0 Å². The summed E-state index contributed by atoms with van der Waals surface area (Å²) in [5, 5.41) is 14.4. The van der Waals surface area contributed by atoms with Crippen LogP contribution < -0.4 is 5.32 Å². The third-order valence-electron chi connectivity index (χ3n) is 6.71. The number of phenolic OH excluding ortho intramolecular Hbond substituents is 1. The number of fused-ring (bicyclic) bond motifs is 1. The number of carbonyl (C=O) groups is 1. The quantitative estimate of drug-likeness (QED) is 0.415. The minimum absolute atomic E-state index is 0.0479. The molecule has 5 nitrogen and oxygen atoms in total. The van der Waals surface area contributed by atoms with E-state index in [0.717, 1.165) is 54.4 Å². The predicted octanol–water partition coefficient (Wildman–Crippen LogP) is 6.12. The molecule has 34 heavy (non-hydrogen) atoms. The van der Waals surface area contributed by atoms with Gasteiger partial charge in [0.15, 0.2) is 17.3 Å². The summed E-state index contributed by atoms with van der Waals surface area (Å²) in [4.78, 5) is 19.2. The lowest BCUT2D eigenvalue weighted by Crippen LogP contribution is -2.31. The van der Waals surface area contributed by atoms with E-state index in [4.69, 9.17) is 0 Å². The number of rotatable bonds is 7. The Hall–Kier alpha value is -3.25. The first-order valence-corrected chi connectivity index (χ1v) is 11.8. The number of ketones is 1. The Labute approximate surface area is 200 Å². The van der Waals surface area contributed by atoms with Crippen molar-refractivity contribution in [1.82, 2.24) is 9.88 Å². The molecule has 0 amide bonds. The van der Waals surface area contributed by atoms with E-state index in [1.54, 1.807) is 19.2 Å². The third kappa shape index (κ3) is 4.97. The lowest BCUT2D eigenvalue weighted by molar-refractivity contribution is 0.101. The molecule has 6 heteroatoms. The smallest absolute Gasteiger partial charge is 0.166 e. The summed E-state index contributed by atoms with van der Waals surface area (Å²) >= 11 is 0. The SMILES string of the molecule is C=Cc1cc(-c2ccc3ncc(C(C)=O)c(NC4CCC(CN(C)C)CC4)c3c2)cc(F)c1O. The third-order valence-corrected chi connectivity index (χ3v) is 6.71. The molecule has 2 N–H and O–H groups in total. The molecule has 0 unspecified atom stereocenters. The molecule has 0 atom stereocenters. The maximum atomic E-state index is 14.3. The topological polar surface area (TPSA) is 65.5 Å². The normalized spacial score (nSPS) is 18.3. The molecule has 1 fully saturated rings. The van der Waals surface area contributed by atoms with Gasteiger partial charge in [-0.25, -0.2) is 4.39 Å². The zero-order chi connectivity index (χ0) is 24.4. The Kier molecular flexibility index (Phi) is 6.98. The summed E-state index contributed by atoms with van der Waals surface area (Å²) in [6.45, 7) is 6.32. The molecule has 0 saturated heterocycles. The number of anilines is 1. The second-order valence-electron chi connectivity index (χ2n) is 9.56. The molecule has 1 heterocycles. The van der Waals surface area contributed by atoms with E-state index in [9.17, 15) is 14.3 Å². The van der Waals surface area contributed by atoms with Crippen molar-refractivity contribution in [2.75, 3.05) is 26.0 Å². The Balaban J connectivity index is 1.72. The van der Waals surface area contributed by atoms with Gasteiger partial charge in [-0.15, -0.1) is 0 Å². The molecule has 1 aliphatic rings. The molecular formula is C28H32FN3O2. The first-order valence-electron chi connectivity index (χ1n) is 11.8. The summed E-state index contributed by atoms with van der Waals surface area (Å²) in [5.74, 6) is -0.457. The number of nitrogens with zero attached hydrogens (tertiary/aromatic N) is 2. The largest absolute Gasteiger partial charge is 0.504 e. The number of Topliss-reactive ketones (excluding diaryl/α,β-unsaturated/α-hetero) is 1. The average molecular weight is 462 g/mol. The van der Waals surface area contributed by atoms with Crippen molar-refractivity contribution in [3.05, 3.63) is 60.1 Å². The standard InChI is InChI=1S/C28H32FN3O2/c1-5-19-12-21(14-25(29)28(19)34)20-8-11-26-23(13-20)27(24(15-30-26)17(2)33)31-22-9-6-18(7-10-22)16-32(3)4/h5,8,11-15,18,22,34H,1,6-7,9-10,16H2,2-4H3,(H,30,31). The predicted molar refractivity (Wildman–Crippen MR) is 137 cm³/mol. The lowest BCUT2D eigenvalue weighted by Gasteiger charge is -2.32. The molecule has 4 rings (SSSR count). The molecule has 0 spiro atoms. The van der Waals surface area contributed by atoms with Crippen molar-refractivity contribution in [2.24, 2.45) is 5.92 Å². The van der Waals surface area contributed by atoms with Gasteiger partial charge < -0.3 is 15.3 Å². The van der Waals surface area contributed by atoms with E-state index in [2.05, 4.69) is 35.9 Å². The van der Waals surface area contributed by atoms with Gasteiger partial charge in [0.25, 0.3) is 0 Å². The van der Waals surface area contributed by atoms with Gasteiger partial charge in [0.2, 0.25) is 0 Å². The number of phenols is 1. The zero-order valence-electron chi connectivity index (χ0n) is 20.1. The Bertz CT molecular complexity index is 1230. The number of aromatic nitrogens is 1. The monoisotopic (exact) mass is 461 g/mol. The highest BCUT2D eigenvalue weighted by atomic mass is 19.1. The van der Waals surface area contributed by atoms with Crippen molar-refractivity contribution in [3.8, 4) is 16.9 Å². The Morgan fingerprint density at radius 3 is 2.59 bits per heavy atom. The van der Waals surface area contributed by atoms with Gasteiger partial charge in [0, 0.05) is 29.7 Å². The molecule has 0 radical (unpaired) electrons. The molecule has 0 bridgehead atoms. The summed E-state index contributed by atoms with van der Waals surface area (Å²) in [7, 11) is 4.23. The van der Waals surface area contributed by atoms with Crippen molar-refractivity contribution in [3.63, 3.8) is 0 Å². The van der Waals surface area contributed by atoms with Crippen LogP contribution in [0.25, 0.3) is 28.1 Å². The van der Waals surface area contributed by atoms with E-state index >= 15 is 0 Å².